The molecule has 2 N–H and O–H groups in total. The summed E-state index contributed by atoms with van der Waals surface area (Å²) in [6.07, 6.45) is 0. The van der Waals surface area contributed by atoms with Crippen molar-refractivity contribution < 1.29 is 9.13 Å². The maximum absolute atomic E-state index is 13.8. The summed E-state index contributed by atoms with van der Waals surface area (Å²) >= 11 is 6.05. The fourth-order valence-electron chi connectivity index (χ4n) is 1.86. The van der Waals surface area contributed by atoms with E-state index >= 15 is 0 Å². The Morgan fingerprint density at radius 1 is 1.33 bits per heavy atom. The molecular formula is C16H14ClFN2O. The number of halogens is 2. The van der Waals surface area contributed by atoms with Crippen LogP contribution in [0.15, 0.2) is 36.4 Å². The Hall–Kier alpha value is -2.09. The molecule has 21 heavy (non-hydrogen) atoms. The van der Waals surface area contributed by atoms with Crippen molar-refractivity contribution in [1.29, 1.82) is 5.26 Å². The topological polar surface area (TPSA) is 59.0 Å². The highest BCUT2D eigenvalue weighted by molar-refractivity contribution is 6.31. The van der Waals surface area contributed by atoms with Crippen molar-refractivity contribution in [3.05, 3.63) is 63.9 Å². The Morgan fingerprint density at radius 3 is 2.67 bits per heavy atom. The third-order valence-electron chi connectivity index (χ3n) is 3.04. The van der Waals surface area contributed by atoms with Gasteiger partial charge in [0.25, 0.3) is 0 Å². The van der Waals surface area contributed by atoms with Gasteiger partial charge in [0.1, 0.15) is 18.2 Å². The molecule has 2 rings (SSSR count). The van der Waals surface area contributed by atoms with Gasteiger partial charge in [-0.25, -0.2) is 4.39 Å². The molecule has 108 valence electrons. The maximum atomic E-state index is 13.8. The molecule has 0 unspecified atom stereocenters. The summed E-state index contributed by atoms with van der Waals surface area (Å²) in [4.78, 5) is 0. The second-order valence-electron chi connectivity index (χ2n) is 4.68. The Bertz CT molecular complexity index is 695. The van der Waals surface area contributed by atoms with Crippen LogP contribution < -0.4 is 10.5 Å². The van der Waals surface area contributed by atoms with E-state index in [1.165, 1.54) is 6.07 Å². The van der Waals surface area contributed by atoms with E-state index in [9.17, 15) is 4.39 Å². The molecule has 0 aliphatic carbocycles. The van der Waals surface area contributed by atoms with Gasteiger partial charge in [0.2, 0.25) is 0 Å². The summed E-state index contributed by atoms with van der Waals surface area (Å²) in [6.45, 7) is 1.91. The van der Waals surface area contributed by atoms with Crippen molar-refractivity contribution in [2.45, 2.75) is 19.6 Å². The van der Waals surface area contributed by atoms with E-state index < -0.39 is 5.82 Å². The average Bonchev–Trinajstić information content (AvgIpc) is 2.45. The van der Waals surface area contributed by atoms with Gasteiger partial charge in [-0.1, -0.05) is 23.7 Å². The maximum Gasteiger partial charge on any atom is 0.131 e. The molecular weight excluding hydrogens is 291 g/mol. The van der Waals surface area contributed by atoms with Gasteiger partial charge in [0, 0.05) is 28.3 Å². The van der Waals surface area contributed by atoms with E-state index in [1.54, 1.807) is 37.3 Å². The van der Waals surface area contributed by atoms with Crippen LogP contribution in [-0.4, -0.2) is 0 Å². The minimum absolute atomic E-state index is 0.196. The van der Waals surface area contributed by atoms with Crippen LogP contribution in [0.1, 0.15) is 29.7 Å². The lowest BCUT2D eigenvalue weighted by atomic mass is 10.1. The zero-order chi connectivity index (χ0) is 15.4. The predicted molar refractivity (Wildman–Crippen MR) is 79.5 cm³/mol. The van der Waals surface area contributed by atoms with Crippen molar-refractivity contribution >= 4 is 11.6 Å². The molecule has 0 saturated heterocycles. The number of rotatable bonds is 4. The number of nitrogens with zero attached hydrogens (tertiary/aromatic N) is 1. The Balaban J connectivity index is 2.10. The van der Waals surface area contributed by atoms with Gasteiger partial charge in [-0.2, -0.15) is 5.26 Å². The molecule has 0 radical (unpaired) electrons. The third kappa shape index (κ3) is 3.72. The summed E-state index contributed by atoms with van der Waals surface area (Å²) in [5, 5.41) is 9.22. The SMILES string of the molecule is C[C@@H](N)c1ccc(OCc2ccc(C#N)cc2Cl)cc1F. The molecule has 0 spiro atoms. The second kappa shape index (κ2) is 6.57. The quantitative estimate of drug-likeness (QED) is 0.930. The highest BCUT2D eigenvalue weighted by Crippen LogP contribution is 2.23. The second-order valence-corrected chi connectivity index (χ2v) is 5.09. The number of nitriles is 1. The molecule has 0 saturated carbocycles. The molecule has 0 aliphatic rings. The summed E-state index contributed by atoms with van der Waals surface area (Å²) in [5.74, 6) is 0.00533. The van der Waals surface area contributed by atoms with Crippen molar-refractivity contribution in [3.63, 3.8) is 0 Å². The zero-order valence-electron chi connectivity index (χ0n) is 11.4. The van der Waals surface area contributed by atoms with E-state index in [-0.39, 0.29) is 12.6 Å². The largest absolute Gasteiger partial charge is 0.489 e. The molecule has 3 nitrogen and oxygen atoms in total. The molecule has 0 aliphatic heterocycles. The first-order valence-corrected chi connectivity index (χ1v) is 6.75. The zero-order valence-corrected chi connectivity index (χ0v) is 12.2. The smallest absolute Gasteiger partial charge is 0.131 e. The summed E-state index contributed by atoms with van der Waals surface area (Å²) in [7, 11) is 0. The fourth-order valence-corrected chi connectivity index (χ4v) is 2.10. The molecule has 2 aromatic rings. The van der Waals surface area contributed by atoms with Crippen molar-refractivity contribution in [3.8, 4) is 11.8 Å². The lowest BCUT2D eigenvalue weighted by Crippen LogP contribution is -2.07. The van der Waals surface area contributed by atoms with Crippen LogP contribution in [0.25, 0.3) is 0 Å². The van der Waals surface area contributed by atoms with Crippen LogP contribution in [0, 0.1) is 17.1 Å². The van der Waals surface area contributed by atoms with Gasteiger partial charge in [0.05, 0.1) is 11.6 Å². The van der Waals surface area contributed by atoms with Crippen molar-refractivity contribution in [1.82, 2.24) is 0 Å². The summed E-state index contributed by atoms with van der Waals surface area (Å²) in [5.41, 5.74) is 7.31. The Kier molecular flexibility index (Phi) is 4.79. The molecule has 0 bridgehead atoms. The lowest BCUT2D eigenvalue weighted by molar-refractivity contribution is 0.304. The van der Waals surface area contributed by atoms with E-state index in [1.807, 2.05) is 6.07 Å². The first-order valence-electron chi connectivity index (χ1n) is 6.37. The predicted octanol–water partition coefficient (Wildman–Crippen LogP) is 3.95. The summed E-state index contributed by atoms with van der Waals surface area (Å²) < 4.78 is 19.3. The van der Waals surface area contributed by atoms with Gasteiger partial charge >= 0.3 is 0 Å². The van der Waals surface area contributed by atoms with Gasteiger partial charge in [-0.3, -0.25) is 0 Å². The van der Waals surface area contributed by atoms with Crippen LogP contribution in [0.2, 0.25) is 5.02 Å². The van der Waals surface area contributed by atoms with Crippen LogP contribution >= 0.6 is 11.6 Å². The van der Waals surface area contributed by atoms with Crippen LogP contribution in [-0.2, 0) is 6.61 Å². The monoisotopic (exact) mass is 304 g/mol. The minimum Gasteiger partial charge on any atom is -0.489 e. The average molecular weight is 305 g/mol. The summed E-state index contributed by atoms with van der Waals surface area (Å²) in [6, 6.07) is 11.2. The van der Waals surface area contributed by atoms with E-state index in [2.05, 4.69) is 0 Å². The standard InChI is InChI=1S/C16H14ClFN2O/c1-10(20)14-5-4-13(7-16(14)18)21-9-12-3-2-11(8-19)6-15(12)17/h2-7,10H,9,20H2,1H3/t10-/m1/s1. The number of hydrogen-bond donors (Lipinski definition) is 1. The van der Waals surface area contributed by atoms with Crippen LogP contribution in [0.4, 0.5) is 4.39 Å². The molecule has 0 fully saturated rings. The fraction of sp³-hybridized carbons (Fsp3) is 0.188. The van der Waals surface area contributed by atoms with Gasteiger partial charge in [-0.15, -0.1) is 0 Å². The minimum atomic E-state index is -0.395. The van der Waals surface area contributed by atoms with Crippen LogP contribution in [0.3, 0.4) is 0 Å². The molecule has 2 aromatic carbocycles. The molecule has 0 heterocycles. The normalized spacial score (nSPS) is 11.8. The highest BCUT2D eigenvalue weighted by atomic mass is 35.5. The molecule has 1 atom stereocenters. The Labute approximate surface area is 127 Å². The van der Waals surface area contributed by atoms with E-state index in [4.69, 9.17) is 27.3 Å². The molecule has 5 heteroatoms. The molecule has 0 amide bonds. The van der Waals surface area contributed by atoms with Gasteiger partial charge < -0.3 is 10.5 Å². The first-order chi connectivity index (χ1) is 10.0. The first kappa shape index (κ1) is 15.3. The molecule has 0 aromatic heterocycles. The van der Waals surface area contributed by atoms with E-state index in [0.29, 0.717) is 21.9 Å². The van der Waals surface area contributed by atoms with Crippen LogP contribution in [0.5, 0.6) is 5.75 Å². The van der Waals surface area contributed by atoms with Crippen molar-refractivity contribution in [2.24, 2.45) is 5.73 Å². The number of ether oxygens (including phenoxy) is 1. The van der Waals surface area contributed by atoms with Gasteiger partial charge in [0.15, 0.2) is 0 Å². The number of nitrogens with two attached hydrogens (primary N) is 1. The highest BCUT2D eigenvalue weighted by Gasteiger charge is 2.09. The van der Waals surface area contributed by atoms with Gasteiger partial charge in [-0.05, 0) is 25.1 Å². The number of benzene rings is 2. The third-order valence-corrected chi connectivity index (χ3v) is 3.39. The van der Waals surface area contributed by atoms with Crippen molar-refractivity contribution in [2.75, 3.05) is 0 Å². The van der Waals surface area contributed by atoms with E-state index in [0.717, 1.165) is 5.56 Å². The Morgan fingerprint density at radius 2 is 2.10 bits per heavy atom. The number of hydrogen-bond acceptors (Lipinski definition) is 3. The lowest BCUT2D eigenvalue weighted by Gasteiger charge is -2.11.